The van der Waals surface area contributed by atoms with E-state index in [1.165, 1.54) is 0 Å². The summed E-state index contributed by atoms with van der Waals surface area (Å²) < 4.78 is 15.9. The van der Waals surface area contributed by atoms with E-state index in [1.807, 2.05) is 36.4 Å². The smallest absolute Gasteiger partial charge is 0.174 e. The molecule has 0 unspecified atom stereocenters. The summed E-state index contributed by atoms with van der Waals surface area (Å²) in [7, 11) is 0. The van der Waals surface area contributed by atoms with E-state index in [2.05, 4.69) is 5.16 Å². The summed E-state index contributed by atoms with van der Waals surface area (Å²) >= 11 is 0. The van der Waals surface area contributed by atoms with Crippen molar-refractivity contribution in [1.29, 1.82) is 0 Å². The van der Waals surface area contributed by atoms with Crippen LogP contribution in [0.25, 0.3) is 0 Å². The van der Waals surface area contributed by atoms with Gasteiger partial charge in [-0.1, -0.05) is 23.4 Å². The molecule has 2 aromatic rings. The van der Waals surface area contributed by atoms with E-state index in [1.54, 1.807) is 0 Å². The third-order valence-electron chi connectivity index (χ3n) is 3.04. The zero-order valence-electron chi connectivity index (χ0n) is 10.5. The van der Waals surface area contributed by atoms with Crippen LogP contribution in [0, 0.1) is 0 Å². The van der Waals surface area contributed by atoms with Crippen molar-refractivity contribution in [2.75, 3.05) is 13.2 Å². The van der Waals surface area contributed by atoms with Gasteiger partial charge in [-0.15, -0.1) is 0 Å². The Morgan fingerprint density at radius 2 is 2.05 bits per heavy atom. The first-order valence-electron chi connectivity index (χ1n) is 6.22. The lowest BCUT2D eigenvalue weighted by molar-refractivity contribution is -0.0535. The second-order valence-corrected chi connectivity index (χ2v) is 4.92. The predicted molar refractivity (Wildman–Crippen MR) is 68.7 cm³/mol. The number of benzene rings is 1. The van der Waals surface area contributed by atoms with Gasteiger partial charge in [-0.3, -0.25) is 0 Å². The molecule has 5 nitrogen and oxygen atoms in total. The fourth-order valence-corrected chi connectivity index (χ4v) is 2.01. The fraction of sp³-hybridized carbons (Fsp3) is 0.357. The average Bonchev–Trinajstić information content (AvgIpc) is 2.83. The monoisotopic (exact) mass is 260 g/mol. The summed E-state index contributed by atoms with van der Waals surface area (Å²) in [4.78, 5) is 0. The van der Waals surface area contributed by atoms with Gasteiger partial charge in [0.15, 0.2) is 5.76 Å². The van der Waals surface area contributed by atoms with Gasteiger partial charge in [-0.2, -0.15) is 0 Å². The number of nitrogens with two attached hydrogens (primary N) is 1. The van der Waals surface area contributed by atoms with Crippen molar-refractivity contribution in [2.24, 2.45) is 5.73 Å². The van der Waals surface area contributed by atoms with Crippen LogP contribution in [0.15, 0.2) is 40.9 Å². The SMILES string of the molecule is NC1(Cc2cc(COc3ccccc3)on2)COC1. The van der Waals surface area contributed by atoms with Gasteiger partial charge in [-0.25, -0.2) is 0 Å². The molecule has 100 valence electrons. The number of ether oxygens (including phenoxy) is 2. The molecule has 0 saturated carbocycles. The zero-order valence-corrected chi connectivity index (χ0v) is 10.5. The number of hydrogen-bond donors (Lipinski definition) is 1. The maximum Gasteiger partial charge on any atom is 0.174 e. The molecular formula is C14H16N2O3. The van der Waals surface area contributed by atoms with Crippen LogP contribution in [0.1, 0.15) is 11.5 Å². The molecule has 1 aromatic carbocycles. The lowest BCUT2D eigenvalue weighted by Crippen LogP contribution is -2.58. The lowest BCUT2D eigenvalue weighted by Gasteiger charge is -2.37. The van der Waals surface area contributed by atoms with Crippen LogP contribution in [0.2, 0.25) is 0 Å². The number of para-hydroxylation sites is 1. The van der Waals surface area contributed by atoms with Crippen molar-refractivity contribution in [1.82, 2.24) is 5.16 Å². The maximum atomic E-state index is 6.07. The minimum absolute atomic E-state index is 0.283. The van der Waals surface area contributed by atoms with E-state index in [4.69, 9.17) is 19.7 Å². The molecule has 19 heavy (non-hydrogen) atoms. The second-order valence-electron chi connectivity index (χ2n) is 4.92. The third kappa shape index (κ3) is 2.94. The van der Waals surface area contributed by atoms with Crippen LogP contribution >= 0.6 is 0 Å². The molecule has 0 bridgehead atoms. The van der Waals surface area contributed by atoms with E-state index in [0.29, 0.717) is 32.0 Å². The second kappa shape index (κ2) is 5.03. The van der Waals surface area contributed by atoms with Crippen LogP contribution in [-0.2, 0) is 17.8 Å². The van der Waals surface area contributed by atoms with Gasteiger partial charge >= 0.3 is 0 Å². The highest BCUT2D eigenvalue weighted by atomic mass is 16.5. The van der Waals surface area contributed by atoms with Crippen molar-refractivity contribution in [3.8, 4) is 5.75 Å². The summed E-state index contributed by atoms with van der Waals surface area (Å²) in [6, 6.07) is 11.5. The first kappa shape index (κ1) is 12.2. The molecule has 2 heterocycles. The number of aromatic nitrogens is 1. The van der Waals surface area contributed by atoms with E-state index in [0.717, 1.165) is 11.4 Å². The van der Waals surface area contributed by atoms with E-state index in [9.17, 15) is 0 Å². The summed E-state index contributed by atoms with van der Waals surface area (Å²) in [5.41, 5.74) is 6.63. The first-order valence-corrected chi connectivity index (χ1v) is 6.22. The maximum absolute atomic E-state index is 6.07. The normalized spacial score (nSPS) is 16.9. The topological polar surface area (TPSA) is 70.5 Å². The molecule has 0 amide bonds. The van der Waals surface area contributed by atoms with E-state index >= 15 is 0 Å². The van der Waals surface area contributed by atoms with Crippen molar-refractivity contribution >= 4 is 0 Å². The van der Waals surface area contributed by atoms with Crippen LogP contribution in [0.5, 0.6) is 5.75 Å². The van der Waals surface area contributed by atoms with Crippen LogP contribution in [-0.4, -0.2) is 23.9 Å². The molecule has 5 heteroatoms. The van der Waals surface area contributed by atoms with Crippen LogP contribution in [0.4, 0.5) is 0 Å². The molecule has 1 fully saturated rings. The highest BCUT2D eigenvalue weighted by Crippen LogP contribution is 2.20. The summed E-state index contributed by atoms with van der Waals surface area (Å²) in [6.07, 6.45) is 0.668. The highest BCUT2D eigenvalue weighted by molar-refractivity contribution is 5.21. The van der Waals surface area contributed by atoms with E-state index < -0.39 is 0 Å². The molecule has 1 aliphatic rings. The fourth-order valence-electron chi connectivity index (χ4n) is 2.01. The van der Waals surface area contributed by atoms with Gasteiger partial charge in [0.1, 0.15) is 12.4 Å². The van der Waals surface area contributed by atoms with Crippen LogP contribution in [0.3, 0.4) is 0 Å². The Hall–Kier alpha value is -1.85. The molecule has 0 spiro atoms. The van der Waals surface area contributed by atoms with Gasteiger partial charge < -0.3 is 19.7 Å². The molecule has 2 N–H and O–H groups in total. The lowest BCUT2D eigenvalue weighted by atomic mass is 9.93. The Balaban J connectivity index is 1.56. The summed E-state index contributed by atoms with van der Waals surface area (Å²) in [6.45, 7) is 1.52. The van der Waals surface area contributed by atoms with Crippen molar-refractivity contribution in [2.45, 2.75) is 18.6 Å². The van der Waals surface area contributed by atoms with E-state index in [-0.39, 0.29) is 5.54 Å². The minimum atomic E-state index is -0.283. The molecule has 0 atom stereocenters. The molecular weight excluding hydrogens is 244 g/mol. The van der Waals surface area contributed by atoms with Crippen molar-refractivity contribution in [3.63, 3.8) is 0 Å². The number of hydrogen-bond acceptors (Lipinski definition) is 5. The van der Waals surface area contributed by atoms with Gasteiger partial charge in [0.05, 0.1) is 24.4 Å². The van der Waals surface area contributed by atoms with Gasteiger partial charge in [-0.05, 0) is 12.1 Å². The molecule has 0 radical (unpaired) electrons. The number of rotatable bonds is 5. The minimum Gasteiger partial charge on any atom is -0.486 e. The number of nitrogens with zero attached hydrogens (tertiary/aromatic N) is 1. The molecule has 1 aromatic heterocycles. The zero-order chi connectivity index (χ0) is 13.1. The van der Waals surface area contributed by atoms with Crippen LogP contribution < -0.4 is 10.5 Å². The Bertz CT molecular complexity index is 535. The van der Waals surface area contributed by atoms with Gasteiger partial charge in [0.25, 0.3) is 0 Å². The Morgan fingerprint density at radius 1 is 1.26 bits per heavy atom. The van der Waals surface area contributed by atoms with Crippen molar-refractivity contribution < 1.29 is 14.0 Å². The molecule has 1 saturated heterocycles. The largest absolute Gasteiger partial charge is 0.486 e. The third-order valence-corrected chi connectivity index (χ3v) is 3.04. The molecule has 1 aliphatic heterocycles. The molecule has 3 rings (SSSR count). The quantitative estimate of drug-likeness (QED) is 0.882. The first-order chi connectivity index (χ1) is 9.23. The average molecular weight is 260 g/mol. The highest BCUT2D eigenvalue weighted by Gasteiger charge is 2.35. The summed E-state index contributed by atoms with van der Waals surface area (Å²) in [5, 5.41) is 4.00. The molecule has 0 aliphatic carbocycles. The van der Waals surface area contributed by atoms with Crippen molar-refractivity contribution in [3.05, 3.63) is 47.9 Å². The standard InChI is InChI=1S/C14H16N2O3/c15-14(9-17-10-14)7-11-6-13(19-16-11)8-18-12-4-2-1-3-5-12/h1-6H,7-10,15H2. The Kier molecular flexibility index (Phi) is 3.23. The van der Waals surface area contributed by atoms with Gasteiger partial charge in [0.2, 0.25) is 0 Å². The Labute approximate surface area is 111 Å². The Morgan fingerprint density at radius 3 is 2.74 bits per heavy atom. The predicted octanol–water partition coefficient (Wildman–Crippen LogP) is 1.52. The van der Waals surface area contributed by atoms with Gasteiger partial charge in [0, 0.05) is 12.5 Å². The summed E-state index contributed by atoms with van der Waals surface area (Å²) in [5.74, 6) is 1.51.